The van der Waals surface area contributed by atoms with Gasteiger partial charge in [0, 0.05) is 24.3 Å². The van der Waals surface area contributed by atoms with Crippen LogP contribution in [0.2, 0.25) is 0 Å². The van der Waals surface area contributed by atoms with Crippen LogP contribution in [-0.2, 0) is 20.7 Å². The summed E-state index contributed by atoms with van der Waals surface area (Å²) in [6.07, 6.45) is 1.06. The SMILES string of the molecule is CCC(C)C(NC(=O)c1ccccc1)C(=O)Nc1ccc(CC(=O)N2CCOCC2)cc1. The molecule has 2 unspecified atom stereocenters. The van der Waals surface area contributed by atoms with E-state index in [1.165, 1.54) is 0 Å². The highest BCUT2D eigenvalue weighted by Gasteiger charge is 2.26. The first-order valence-corrected chi connectivity index (χ1v) is 11.1. The second-order valence-corrected chi connectivity index (χ2v) is 8.06. The Morgan fingerprint density at radius 3 is 2.28 bits per heavy atom. The summed E-state index contributed by atoms with van der Waals surface area (Å²) >= 11 is 0. The first-order valence-electron chi connectivity index (χ1n) is 11.1. The summed E-state index contributed by atoms with van der Waals surface area (Å²) in [6, 6.07) is 15.5. The van der Waals surface area contributed by atoms with Gasteiger partial charge in [0.1, 0.15) is 6.04 Å². The van der Waals surface area contributed by atoms with Crippen LogP contribution in [0.15, 0.2) is 54.6 Å². The molecule has 3 amide bonds. The van der Waals surface area contributed by atoms with Gasteiger partial charge in [-0.2, -0.15) is 0 Å². The van der Waals surface area contributed by atoms with Gasteiger partial charge in [0.25, 0.3) is 5.91 Å². The fourth-order valence-corrected chi connectivity index (χ4v) is 3.54. The first kappa shape index (κ1) is 23.5. The van der Waals surface area contributed by atoms with E-state index in [0.29, 0.717) is 44.0 Å². The molecule has 7 heteroatoms. The minimum atomic E-state index is -0.657. The number of morpholine rings is 1. The van der Waals surface area contributed by atoms with Crippen LogP contribution in [0.3, 0.4) is 0 Å². The molecule has 2 aromatic carbocycles. The highest BCUT2D eigenvalue weighted by atomic mass is 16.5. The number of benzene rings is 2. The van der Waals surface area contributed by atoms with Crippen LogP contribution in [0, 0.1) is 5.92 Å². The van der Waals surface area contributed by atoms with E-state index in [0.717, 1.165) is 12.0 Å². The zero-order valence-corrected chi connectivity index (χ0v) is 18.7. The molecule has 32 heavy (non-hydrogen) atoms. The van der Waals surface area contributed by atoms with Gasteiger partial charge in [-0.1, -0.05) is 50.6 Å². The van der Waals surface area contributed by atoms with Crippen LogP contribution in [0.4, 0.5) is 5.69 Å². The van der Waals surface area contributed by atoms with E-state index >= 15 is 0 Å². The number of amides is 3. The number of ether oxygens (including phenoxy) is 1. The van der Waals surface area contributed by atoms with Gasteiger partial charge in [-0.15, -0.1) is 0 Å². The summed E-state index contributed by atoms with van der Waals surface area (Å²) in [5.74, 6) is -0.498. The molecule has 0 radical (unpaired) electrons. The monoisotopic (exact) mass is 437 g/mol. The summed E-state index contributed by atoms with van der Waals surface area (Å²) in [4.78, 5) is 39.7. The minimum Gasteiger partial charge on any atom is -0.378 e. The first-order chi connectivity index (χ1) is 15.5. The number of carbonyl (C=O) groups excluding carboxylic acids is 3. The van der Waals surface area contributed by atoms with E-state index in [1.54, 1.807) is 36.4 Å². The van der Waals surface area contributed by atoms with Gasteiger partial charge in [0.05, 0.1) is 19.6 Å². The summed E-state index contributed by atoms with van der Waals surface area (Å²) in [7, 11) is 0. The van der Waals surface area contributed by atoms with Crippen molar-refractivity contribution >= 4 is 23.4 Å². The van der Waals surface area contributed by atoms with Gasteiger partial charge in [-0.05, 0) is 35.7 Å². The van der Waals surface area contributed by atoms with Crippen molar-refractivity contribution in [1.29, 1.82) is 0 Å². The van der Waals surface area contributed by atoms with Crippen LogP contribution in [-0.4, -0.2) is 55.0 Å². The molecule has 7 nitrogen and oxygen atoms in total. The predicted molar refractivity (Wildman–Crippen MR) is 123 cm³/mol. The van der Waals surface area contributed by atoms with Crippen molar-refractivity contribution in [3.05, 3.63) is 65.7 Å². The van der Waals surface area contributed by atoms with Crippen molar-refractivity contribution in [2.75, 3.05) is 31.6 Å². The zero-order valence-electron chi connectivity index (χ0n) is 18.7. The van der Waals surface area contributed by atoms with Crippen molar-refractivity contribution < 1.29 is 19.1 Å². The summed E-state index contributed by atoms with van der Waals surface area (Å²) < 4.78 is 5.29. The van der Waals surface area contributed by atoms with Gasteiger partial charge in [0.15, 0.2) is 0 Å². The number of hydrogen-bond donors (Lipinski definition) is 2. The highest BCUT2D eigenvalue weighted by Crippen LogP contribution is 2.15. The van der Waals surface area contributed by atoms with Crippen molar-refractivity contribution in [2.24, 2.45) is 5.92 Å². The second-order valence-electron chi connectivity index (χ2n) is 8.06. The molecule has 2 N–H and O–H groups in total. The molecular weight excluding hydrogens is 406 g/mol. The van der Waals surface area contributed by atoms with Crippen LogP contribution < -0.4 is 10.6 Å². The fourth-order valence-electron chi connectivity index (χ4n) is 3.54. The molecule has 1 aliphatic rings. The third-order valence-corrected chi connectivity index (χ3v) is 5.76. The lowest BCUT2D eigenvalue weighted by Crippen LogP contribution is -2.47. The lowest BCUT2D eigenvalue weighted by molar-refractivity contribution is -0.134. The Morgan fingerprint density at radius 2 is 1.66 bits per heavy atom. The number of nitrogens with zero attached hydrogens (tertiary/aromatic N) is 1. The Morgan fingerprint density at radius 1 is 1.00 bits per heavy atom. The Hall–Kier alpha value is -3.19. The van der Waals surface area contributed by atoms with Gasteiger partial charge >= 0.3 is 0 Å². The zero-order chi connectivity index (χ0) is 22.9. The molecule has 1 aliphatic heterocycles. The average Bonchev–Trinajstić information content (AvgIpc) is 2.84. The van der Waals surface area contributed by atoms with Crippen molar-refractivity contribution in [3.8, 4) is 0 Å². The maximum atomic E-state index is 13.0. The molecule has 2 aromatic rings. The topological polar surface area (TPSA) is 87.7 Å². The molecule has 1 fully saturated rings. The normalized spacial score (nSPS) is 15.5. The minimum absolute atomic E-state index is 0.0342. The fraction of sp³-hybridized carbons (Fsp3) is 0.400. The molecule has 0 bridgehead atoms. The quantitative estimate of drug-likeness (QED) is 0.665. The lowest BCUT2D eigenvalue weighted by atomic mass is 9.97. The molecule has 170 valence electrons. The Kier molecular flexibility index (Phi) is 8.39. The molecule has 1 heterocycles. The largest absolute Gasteiger partial charge is 0.378 e. The van der Waals surface area contributed by atoms with E-state index in [-0.39, 0.29) is 23.6 Å². The molecule has 2 atom stereocenters. The molecule has 0 saturated carbocycles. The molecule has 0 spiro atoms. The van der Waals surface area contributed by atoms with Gasteiger partial charge < -0.3 is 20.3 Å². The van der Waals surface area contributed by atoms with E-state index < -0.39 is 6.04 Å². The predicted octanol–water partition coefficient (Wildman–Crippen LogP) is 2.87. The third-order valence-electron chi connectivity index (χ3n) is 5.76. The third kappa shape index (κ3) is 6.40. The number of rotatable bonds is 8. The lowest BCUT2D eigenvalue weighted by Gasteiger charge is -2.27. The van der Waals surface area contributed by atoms with Gasteiger partial charge in [-0.3, -0.25) is 14.4 Å². The van der Waals surface area contributed by atoms with Gasteiger partial charge in [0.2, 0.25) is 11.8 Å². The number of nitrogens with one attached hydrogen (secondary N) is 2. The van der Waals surface area contributed by atoms with Crippen molar-refractivity contribution in [3.63, 3.8) is 0 Å². The van der Waals surface area contributed by atoms with E-state index in [9.17, 15) is 14.4 Å². The maximum Gasteiger partial charge on any atom is 0.251 e. The summed E-state index contributed by atoms with van der Waals surface area (Å²) in [5, 5.41) is 5.76. The highest BCUT2D eigenvalue weighted by molar-refractivity contribution is 6.01. The number of hydrogen-bond acceptors (Lipinski definition) is 4. The van der Waals surface area contributed by atoms with Crippen molar-refractivity contribution in [1.82, 2.24) is 10.2 Å². The van der Waals surface area contributed by atoms with E-state index in [2.05, 4.69) is 10.6 Å². The second kappa shape index (κ2) is 11.4. The Labute approximate surface area is 189 Å². The molecule has 3 rings (SSSR count). The summed E-state index contributed by atoms with van der Waals surface area (Å²) in [5.41, 5.74) is 2.03. The van der Waals surface area contributed by atoms with Gasteiger partial charge in [-0.25, -0.2) is 0 Å². The number of anilines is 1. The van der Waals surface area contributed by atoms with Crippen LogP contribution >= 0.6 is 0 Å². The van der Waals surface area contributed by atoms with Crippen LogP contribution in [0.1, 0.15) is 36.2 Å². The smallest absolute Gasteiger partial charge is 0.251 e. The standard InChI is InChI=1S/C25H31N3O4/c1-3-18(2)23(27-24(30)20-7-5-4-6-8-20)25(31)26-21-11-9-19(10-12-21)17-22(29)28-13-15-32-16-14-28/h4-12,18,23H,3,13-17H2,1-2H3,(H,26,31)(H,27,30). The van der Waals surface area contributed by atoms with E-state index in [4.69, 9.17) is 4.74 Å². The maximum absolute atomic E-state index is 13.0. The average molecular weight is 438 g/mol. The molecule has 0 aromatic heterocycles. The summed E-state index contributed by atoms with van der Waals surface area (Å²) in [6.45, 7) is 6.33. The Bertz CT molecular complexity index is 909. The van der Waals surface area contributed by atoms with E-state index in [1.807, 2.05) is 36.9 Å². The van der Waals surface area contributed by atoms with Crippen LogP contribution in [0.25, 0.3) is 0 Å². The van der Waals surface area contributed by atoms with Crippen molar-refractivity contribution in [2.45, 2.75) is 32.7 Å². The molecule has 0 aliphatic carbocycles. The molecular formula is C25H31N3O4. The van der Waals surface area contributed by atoms with Crippen LogP contribution in [0.5, 0.6) is 0 Å². The molecule has 1 saturated heterocycles. The Balaban J connectivity index is 1.60. The number of carbonyl (C=O) groups is 3.